The SMILES string of the molecule is CCCCCCCCCCCCc1ccc(C(=O)Cc2ccc(C)cc2)cc1. The van der Waals surface area contributed by atoms with Crippen molar-refractivity contribution in [3.8, 4) is 0 Å². The highest BCUT2D eigenvalue weighted by Gasteiger charge is 2.07. The quantitative estimate of drug-likeness (QED) is 0.241. The van der Waals surface area contributed by atoms with Gasteiger partial charge in [0.05, 0.1) is 0 Å². The van der Waals surface area contributed by atoms with E-state index in [1.165, 1.54) is 75.3 Å². The van der Waals surface area contributed by atoms with Crippen molar-refractivity contribution < 1.29 is 4.79 Å². The fraction of sp³-hybridized carbons (Fsp3) is 0.519. The monoisotopic (exact) mass is 378 g/mol. The number of aryl methyl sites for hydroxylation is 2. The summed E-state index contributed by atoms with van der Waals surface area (Å²) in [4.78, 5) is 12.5. The third-order valence-corrected chi connectivity index (χ3v) is 5.58. The maximum atomic E-state index is 12.5. The molecule has 0 N–H and O–H groups in total. The van der Waals surface area contributed by atoms with Crippen LogP contribution in [-0.2, 0) is 12.8 Å². The van der Waals surface area contributed by atoms with Gasteiger partial charge in [-0.05, 0) is 30.9 Å². The Balaban J connectivity index is 1.60. The molecule has 0 heterocycles. The molecular formula is C27H38O. The maximum Gasteiger partial charge on any atom is 0.167 e. The molecule has 0 spiro atoms. The predicted molar refractivity (Wildman–Crippen MR) is 121 cm³/mol. The van der Waals surface area contributed by atoms with E-state index in [0.29, 0.717) is 6.42 Å². The molecule has 0 bridgehead atoms. The summed E-state index contributed by atoms with van der Waals surface area (Å²) >= 11 is 0. The molecule has 1 nitrogen and oxygen atoms in total. The van der Waals surface area contributed by atoms with Crippen LogP contribution in [0.1, 0.15) is 98.2 Å². The van der Waals surface area contributed by atoms with E-state index in [4.69, 9.17) is 0 Å². The van der Waals surface area contributed by atoms with Crippen LogP contribution in [0.4, 0.5) is 0 Å². The molecule has 2 aromatic carbocycles. The van der Waals surface area contributed by atoms with Gasteiger partial charge in [0, 0.05) is 12.0 Å². The number of Topliss-reactive ketones (excluding diaryl/α,β-unsaturated/α-hetero) is 1. The summed E-state index contributed by atoms with van der Waals surface area (Å²) in [6.07, 6.45) is 15.3. The van der Waals surface area contributed by atoms with Crippen molar-refractivity contribution in [1.82, 2.24) is 0 Å². The number of carbonyl (C=O) groups excluding carboxylic acids is 1. The van der Waals surface area contributed by atoms with Gasteiger partial charge in [-0.1, -0.05) is 119 Å². The zero-order valence-corrected chi connectivity index (χ0v) is 18.0. The van der Waals surface area contributed by atoms with Gasteiger partial charge in [-0.25, -0.2) is 0 Å². The second-order valence-corrected chi connectivity index (χ2v) is 8.21. The summed E-state index contributed by atoms with van der Waals surface area (Å²) in [6.45, 7) is 4.34. The van der Waals surface area contributed by atoms with Crippen molar-refractivity contribution in [3.63, 3.8) is 0 Å². The van der Waals surface area contributed by atoms with Crippen LogP contribution in [0, 0.1) is 6.92 Å². The van der Waals surface area contributed by atoms with Crippen LogP contribution < -0.4 is 0 Å². The van der Waals surface area contributed by atoms with Crippen LogP contribution in [0.3, 0.4) is 0 Å². The first kappa shape index (κ1) is 22.4. The van der Waals surface area contributed by atoms with Crippen molar-refractivity contribution in [3.05, 3.63) is 70.8 Å². The standard InChI is InChI=1S/C27H38O/c1-3-4-5-6-7-8-9-10-11-12-13-24-18-20-26(21-19-24)27(28)22-25-16-14-23(2)15-17-25/h14-21H,3-13,22H2,1-2H3. The van der Waals surface area contributed by atoms with E-state index in [2.05, 4.69) is 38.1 Å². The first-order chi connectivity index (χ1) is 13.7. The van der Waals surface area contributed by atoms with Crippen LogP contribution in [0.5, 0.6) is 0 Å². The second kappa shape index (κ2) is 13.3. The van der Waals surface area contributed by atoms with Crippen molar-refractivity contribution in [1.29, 1.82) is 0 Å². The maximum absolute atomic E-state index is 12.5. The molecule has 0 saturated carbocycles. The summed E-state index contributed by atoms with van der Waals surface area (Å²) in [5, 5.41) is 0. The Kier molecular flexibility index (Phi) is 10.7. The van der Waals surface area contributed by atoms with Gasteiger partial charge in [0.2, 0.25) is 0 Å². The molecule has 0 aliphatic rings. The van der Waals surface area contributed by atoms with E-state index in [0.717, 1.165) is 17.5 Å². The molecule has 152 valence electrons. The lowest BCUT2D eigenvalue weighted by Crippen LogP contribution is -2.03. The zero-order chi connectivity index (χ0) is 20.0. The summed E-state index contributed by atoms with van der Waals surface area (Å²) < 4.78 is 0. The number of benzene rings is 2. The molecule has 0 saturated heterocycles. The molecule has 0 radical (unpaired) electrons. The third kappa shape index (κ3) is 8.87. The number of rotatable bonds is 14. The Morgan fingerprint density at radius 2 is 1.14 bits per heavy atom. The van der Waals surface area contributed by atoms with Gasteiger partial charge in [0.1, 0.15) is 0 Å². The first-order valence-corrected chi connectivity index (χ1v) is 11.4. The normalized spacial score (nSPS) is 10.9. The van der Waals surface area contributed by atoms with Gasteiger partial charge in [-0.3, -0.25) is 4.79 Å². The Morgan fingerprint density at radius 1 is 0.643 bits per heavy atom. The van der Waals surface area contributed by atoms with Gasteiger partial charge in [-0.15, -0.1) is 0 Å². The first-order valence-electron chi connectivity index (χ1n) is 11.4. The van der Waals surface area contributed by atoms with Crippen molar-refractivity contribution in [2.24, 2.45) is 0 Å². The highest BCUT2D eigenvalue weighted by atomic mass is 16.1. The van der Waals surface area contributed by atoms with Gasteiger partial charge in [-0.2, -0.15) is 0 Å². The molecule has 2 rings (SSSR count). The fourth-order valence-corrected chi connectivity index (χ4v) is 3.67. The Morgan fingerprint density at radius 3 is 1.71 bits per heavy atom. The predicted octanol–water partition coefficient (Wildman–Crippen LogP) is 7.88. The van der Waals surface area contributed by atoms with E-state index >= 15 is 0 Å². The molecule has 0 amide bonds. The number of hydrogen-bond donors (Lipinski definition) is 0. The van der Waals surface area contributed by atoms with E-state index in [1.807, 2.05) is 24.3 Å². The van der Waals surface area contributed by atoms with Crippen LogP contribution in [0.15, 0.2) is 48.5 Å². The zero-order valence-electron chi connectivity index (χ0n) is 18.0. The average molecular weight is 379 g/mol. The molecule has 0 aromatic heterocycles. The van der Waals surface area contributed by atoms with Gasteiger partial charge >= 0.3 is 0 Å². The summed E-state index contributed by atoms with van der Waals surface area (Å²) in [5.41, 5.74) is 4.50. The van der Waals surface area contributed by atoms with Crippen LogP contribution >= 0.6 is 0 Å². The molecule has 0 atom stereocenters. The van der Waals surface area contributed by atoms with Gasteiger partial charge in [0.15, 0.2) is 5.78 Å². The molecule has 0 fully saturated rings. The van der Waals surface area contributed by atoms with Crippen LogP contribution in [0.2, 0.25) is 0 Å². The topological polar surface area (TPSA) is 17.1 Å². The lowest BCUT2D eigenvalue weighted by atomic mass is 9.99. The number of unbranched alkanes of at least 4 members (excludes halogenated alkanes) is 9. The highest BCUT2D eigenvalue weighted by Crippen LogP contribution is 2.14. The molecule has 0 unspecified atom stereocenters. The Labute approximate surface area is 172 Å². The van der Waals surface area contributed by atoms with E-state index in [-0.39, 0.29) is 5.78 Å². The van der Waals surface area contributed by atoms with E-state index < -0.39 is 0 Å². The van der Waals surface area contributed by atoms with Crippen molar-refractivity contribution in [2.75, 3.05) is 0 Å². The van der Waals surface area contributed by atoms with Crippen LogP contribution in [0.25, 0.3) is 0 Å². The van der Waals surface area contributed by atoms with Crippen molar-refractivity contribution >= 4 is 5.78 Å². The molecule has 1 heteroatoms. The smallest absolute Gasteiger partial charge is 0.167 e. The molecule has 28 heavy (non-hydrogen) atoms. The largest absolute Gasteiger partial charge is 0.294 e. The van der Waals surface area contributed by atoms with Crippen LogP contribution in [-0.4, -0.2) is 5.78 Å². The van der Waals surface area contributed by atoms with E-state index in [9.17, 15) is 4.79 Å². The molecule has 0 aliphatic heterocycles. The van der Waals surface area contributed by atoms with Gasteiger partial charge in [0.25, 0.3) is 0 Å². The summed E-state index contributed by atoms with van der Waals surface area (Å²) in [7, 11) is 0. The number of ketones is 1. The van der Waals surface area contributed by atoms with E-state index in [1.54, 1.807) is 0 Å². The molecular weight excluding hydrogens is 340 g/mol. The Bertz CT molecular complexity index is 666. The summed E-state index contributed by atoms with van der Waals surface area (Å²) in [6, 6.07) is 16.5. The third-order valence-electron chi connectivity index (χ3n) is 5.58. The number of carbonyl (C=O) groups is 1. The Hall–Kier alpha value is -1.89. The molecule has 2 aromatic rings. The minimum absolute atomic E-state index is 0.203. The highest BCUT2D eigenvalue weighted by molar-refractivity contribution is 5.97. The molecule has 0 aliphatic carbocycles. The van der Waals surface area contributed by atoms with Crippen molar-refractivity contribution in [2.45, 2.75) is 90.9 Å². The minimum atomic E-state index is 0.203. The minimum Gasteiger partial charge on any atom is -0.294 e. The lowest BCUT2D eigenvalue weighted by Gasteiger charge is -2.05. The van der Waals surface area contributed by atoms with Gasteiger partial charge < -0.3 is 0 Å². The lowest BCUT2D eigenvalue weighted by molar-refractivity contribution is 0.0993. The number of hydrogen-bond acceptors (Lipinski definition) is 1. The average Bonchev–Trinajstić information content (AvgIpc) is 2.71. The fourth-order valence-electron chi connectivity index (χ4n) is 3.67. The second-order valence-electron chi connectivity index (χ2n) is 8.21. The summed E-state index contributed by atoms with van der Waals surface area (Å²) in [5.74, 6) is 0.203.